The zero-order chi connectivity index (χ0) is 11.8. The first-order valence-corrected chi connectivity index (χ1v) is 6.76. The van der Waals surface area contributed by atoms with Gasteiger partial charge in [0.05, 0.1) is 13.1 Å². The van der Waals surface area contributed by atoms with Crippen LogP contribution in [0.2, 0.25) is 0 Å². The number of carbonyl (C=O) groups is 1. The Bertz CT molecular complexity index is 274. The smallest absolute Gasteiger partial charge is 0.410 e. The topological polar surface area (TPSA) is 41.6 Å². The minimum Gasteiger partial charge on any atom is -0.444 e. The number of ether oxygens (including phenoxy) is 1. The number of nitrogens with one attached hydrogen (secondary N) is 1. The van der Waals surface area contributed by atoms with Crippen LogP contribution in [-0.2, 0) is 4.74 Å². The Morgan fingerprint density at radius 2 is 2.12 bits per heavy atom. The maximum Gasteiger partial charge on any atom is 0.410 e. The van der Waals surface area contributed by atoms with Crippen molar-refractivity contribution in [3.63, 3.8) is 0 Å². The molecule has 0 aromatic heterocycles. The van der Waals surface area contributed by atoms with E-state index in [1.165, 1.54) is 12.2 Å². The highest BCUT2D eigenvalue weighted by atomic mass is 32.2. The lowest BCUT2D eigenvalue weighted by molar-refractivity contribution is 0.000369. The highest BCUT2D eigenvalue weighted by Gasteiger charge is 2.47. The van der Waals surface area contributed by atoms with E-state index in [9.17, 15) is 4.79 Å². The molecule has 2 aliphatic heterocycles. The summed E-state index contributed by atoms with van der Waals surface area (Å²) < 4.78 is 5.33. The average molecular weight is 244 g/mol. The van der Waals surface area contributed by atoms with Crippen LogP contribution in [0.25, 0.3) is 0 Å². The quantitative estimate of drug-likeness (QED) is 0.703. The SMILES string of the molecule is CC(C)(C)OC(=O)N1CC2(C1)NCCCS2. The molecule has 0 aromatic rings. The van der Waals surface area contributed by atoms with Crippen molar-refractivity contribution in [1.82, 2.24) is 10.2 Å². The molecule has 2 rings (SSSR count). The van der Waals surface area contributed by atoms with Crippen molar-refractivity contribution in [3.05, 3.63) is 0 Å². The summed E-state index contributed by atoms with van der Waals surface area (Å²) in [5, 5.41) is 3.49. The third kappa shape index (κ3) is 2.63. The van der Waals surface area contributed by atoms with E-state index in [2.05, 4.69) is 5.32 Å². The number of rotatable bonds is 0. The van der Waals surface area contributed by atoms with Crippen molar-refractivity contribution in [2.45, 2.75) is 37.7 Å². The molecule has 0 unspecified atom stereocenters. The second-order valence-electron chi connectivity index (χ2n) is 5.46. The van der Waals surface area contributed by atoms with E-state index >= 15 is 0 Å². The first-order valence-electron chi connectivity index (χ1n) is 5.77. The van der Waals surface area contributed by atoms with Crippen LogP contribution in [0, 0.1) is 0 Å². The molecular weight excluding hydrogens is 224 g/mol. The van der Waals surface area contributed by atoms with Crippen molar-refractivity contribution in [2.24, 2.45) is 0 Å². The fourth-order valence-electron chi connectivity index (χ4n) is 1.94. The number of nitrogens with zero attached hydrogens (tertiary/aromatic N) is 1. The van der Waals surface area contributed by atoms with Gasteiger partial charge in [-0.25, -0.2) is 4.79 Å². The Morgan fingerprint density at radius 1 is 1.44 bits per heavy atom. The number of hydrogen-bond donors (Lipinski definition) is 1. The molecule has 0 atom stereocenters. The molecule has 0 aliphatic carbocycles. The first kappa shape index (κ1) is 12.0. The Morgan fingerprint density at radius 3 is 2.62 bits per heavy atom. The van der Waals surface area contributed by atoms with E-state index in [4.69, 9.17) is 4.74 Å². The molecule has 2 heterocycles. The predicted molar refractivity (Wildman–Crippen MR) is 65.6 cm³/mol. The fourth-order valence-corrected chi connectivity index (χ4v) is 3.31. The standard InChI is InChI=1S/C11H20N2O2S/c1-10(2,3)15-9(14)13-7-11(8-13)12-5-4-6-16-11/h12H,4-8H2,1-3H3. The van der Waals surface area contributed by atoms with Crippen LogP contribution >= 0.6 is 11.8 Å². The molecule has 0 aromatic carbocycles. The number of carbonyl (C=O) groups excluding carboxylic acids is 1. The Hall–Kier alpha value is -0.420. The van der Waals surface area contributed by atoms with Crippen LogP contribution in [0.5, 0.6) is 0 Å². The molecule has 4 nitrogen and oxygen atoms in total. The highest BCUT2D eigenvalue weighted by Crippen LogP contribution is 2.36. The molecule has 1 N–H and O–H groups in total. The Labute approximate surface area is 101 Å². The number of thioether (sulfide) groups is 1. The van der Waals surface area contributed by atoms with Gasteiger partial charge in [0.1, 0.15) is 10.5 Å². The number of likely N-dealkylation sites (tertiary alicyclic amines) is 1. The predicted octanol–water partition coefficient (Wildman–Crippen LogP) is 1.66. The van der Waals surface area contributed by atoms with Crippen LogP contribution < -0.4 is 5.32 Å². The molecule has 0 bridgehead atoms. The summed E-state index contributed by atoms with van der Waals surface area (Å²) in [5.74, 6) is 1.19. The maximum absolute atomic E-state index is 11.7. The van der Waals surface area contributed by atoms with Crippen molar-refractivity contribution < 1.29 is 9.53 Å². The second kappa shape index (κ2) is 4.11. The molecule has 0 saturated carbocycles. The molecule has 2 fully saturated rings. The monoisotopic (exact) mass is 244 g/mol. The molecule has 2 aliphatic rings. The fraction of sp³-hybridized carbons (Fsp3) is 0.909. The van der Waals surface area contributed by atoms with Gasteiger partial charge in [-0.3, -0.25) is 5.32 Å². The van der Waals surface area contributed by atoms with E-state index in [1.54, 1.807) is 4.90 Å². The molecular formula is C11H20N2O2S. The van der Waals surface area contributed by atoms with Gasteiger partial charge < -0.3 is 9.64 Å². The Balaban J connectivity index is 1.81. The summed E-state index contributed by atoms with van der Waals surface area (Å²) >= 11 is 1.93. The molecule has 2 saturated heterocycles. The average Bonchev–Trinajstić information content (AvgIpc) is 2.12. The van der Waals surface area contributed by atoms with Crippen LogP contribution in [0.4, 0.5) is 4.79 Å². The third-order valence-electron chi connectivity index (χ3n) is 2.69. The lowest BCUT2D eigenvalue weighted by Gasteiger charge is -2.51. The lowest BCUT2D eigenvalue weighted by atomic mass is 10.1. The van der Waals surface area contributed by atoms with Crippen molar-refractivity contribution in [1.29, 1.82) is 0 Å². The van der Waals surface area contributed by atoms with E-state index in [0.717, 1.165) is 19.6 Å². The van der Waals surface area contributed by atoms with E-state index in [-0.39, 0.29) is 11.0 Å². The minimum atomic E-state index is -0.396. The van der Waals surface area contributed by atoms with Gasteiger partial charge in [-0.15, -0.1) is 11.8 Å². The molecule has 1 spiro atoms. The Kier molecular flexibility index (Phi) is 3.09. The zero-order valence-corrected chi connectivity index (χ0v) is 11.0. The molecule has 92 valence electrons. The minimum absolute atomic E-state index is 0.120. The van der Waals surface area contributed by atoms with Gasteiger partial charge in [0.2, 0.25) is 0 Å². The van der Waals surface area contributed by atoms with Gasteiger partial charge >= 0.3 is 6.09 Å². The summed E-state index contributed by atoms with van der Waals surface area (Å²) in [5.41, 5.74) is -0.396. The van der Waals surface area contributed by atoms with Crippen LogP contribution in [0.15, 0.2) is 0 Å². The van der Waals surface area contributed by atoms with E-state index < -0.39 is 5.60 Å². The third-order valence-corrected chi connectivity index (χ3v) is 4.14. The summed E-state index contributed by atoms with van der Waals surface area (Å²) in [6.45, 7) is 8.30. The van der Waals surface area contributed by atoms with Crippen molar-refractivity contribution >= 4 is 17.9 Å². The zero-order valence-electron chi connectivity index (χ0n) is 10.2. The van der Waals surface area contributed by atoms with Crippen LogP contribution in [0.3, 0.4) is 0 Å². The van der Waals surface area contributed by atoms with Gasteiger partial charge in [0, 0.05) is 0 Å². The van der Waals surface area contributed by atoms with Crippen LogP contribution in [0.1, 0.15) is 27.2 Å². The molecule has 0 radical (unpaired) electrons. The largest absolute Gasteiger partial charge is 0.444 e. The molecule has 5 heteroatoms. The van der Waals surface area contributed by atoms with Gasteiger partial charge in [0.15, 0.2) is 0 Å². The maximum atomic E-state index is 11.7. The first-order chi connectivity index (χ1) is 7.40. The highest BCUT2D eigenvalue weighted by molar-refractivity contribution is 8.00. The van der Waals surface area contributed by atoms with Gasteiger partial charge in [0.25, 0.3) is 0 Å². The number of hydrogen-bond acceptors (Lipinski definition) is 4. The second-order valence-corrected chi connectivity index (χ2v) is 6.94. The van der Waals surface area contributed by atoms with E-state index in [1.807, 2.05) is 32.5 Å². The van der Waals surface area contributed by atoms with Crippen molar-refractivity contribution in [3.8, 4) is 0 Å². The van der Waals surface area contributed by atoms with Gasteiger partial charge in [-0.2, -0.15) is 0 Å². The molecule has 1 amide bonds. The summed E-state index contributed by atoms with van der Waals surface area (Å²) in [7, 11) is 0. The normalized spacial score (nSPS) is 24.1. The van der Waals surface area contributed by atoms with Gasteiger partial charge in [-0.1, -0.05) is 0 Å². The summed E-state index contributed by atoms with van der Waals surface area (Å²) in [6.07, 6.45) is 1.03. The molecule has 16 heavy (non-hydrogen) atoms. The van der Waals surface area contributed by atoms with Crippen molar-refractivity contribution in [2.75, 3.05) is 25.4 Å². The number of amides is 1. The summed E-state index contributed by atoms with van der Waals surface area (Å²) in [4.78, 5) is 13.6. The van der Waals surface area contributed by atoms with E-state index in [0.29, 0.717) is 0 Å². The van der Waals surface area contributed by atoms with Crippen LogP contribution in [-0.4, -0.2) is 46.9 Å². The lowest BCUT2D eigenvalue weighted by Crippen LogP contribution is -2.70. The van der Waals surface area contributed by atoms with Gasteiger partial charge in [-0.05, 0) is 39.5 Å². The summed E-state index contributed by atoms with van der Waals surface area (Å²) in [6, 6.07) is 0.